The van der Waals surface area contributed by atoms with Gasteiger partial charge in [0.2, 0.25) is 0 Å². The van der Waals surface area contributed by atoms with Crippen molar-refractivity contribution in [2.75, 3.05) is 18.4 Å². The Balaban J connectivity index is 3.56. The largest absolute Gasteiger partial charge is 0.861 e. The van der Waals surface area contributed by atoms with Crippen LogP contribution in [0.25, 0.3) is 0 Å². The van der Waals surface area contributed by atoms with Gasteiger partial charge in [0, 0.05) is 18.4 Å². The second-order valence-electron chi connectivity index (χ2n) is 4.19. The molecule has 0 rings (SSSR count). The first-order valence-electron chi connectivity index (χ1n) is 5.08. The highest BCUT2D eigenvalue weighted by molar-refractivity contribution is 9.09. The van der Waals surface area contributed by atoms with E-state index >= 15 is 0 Å². The molecule has 0 radical (unpaired) electrons. The third-order valence-corrected chi connectivity index (χ3v) is 1.89. The van der Waals surface area contributed by atoms with Crippen molar-refractivity contribution in [2.45, 2.75) is 32.8 Å². The van der Waals surface area contributed by atoms with Crippen LogP contribution in [-0.2, 0) is 4.74 Å². The van der Waals surface area contributed by atoms with E-state index in [1.807, 2.05) is 0 Å². The second-order valence-corrected chi connectivity index (χ2v) is 4.75. The molecule has 0 aromatic heterocycles. The number of hydrogen-bond donors (Lipinski definition) is 1. The van der Waals surface area contributed by atoms with Crippen molar-refractivity contribution in [3.8, 4) is 0 Å². The van der Waals surface area contributed by atoms with E-state index in [0.717, 1.165) is 0 Å². The average Bonchev–Trinajstić information content (AvgIpc) is 2.14. The Bertz CT molecular complexity index is 249. The first-order chi connectivity index (χ1) is 7.35. The van der Waals surface area contributed by atoms with E-state index in [-0.39, 0.29) is 11.2 Å². The Morgan fingerprint density at radius 2 is 2.12 bits per heavy atom. The Hall–Kier alpha value is -0.780. The molecule has 0 unspecified atom stereocenters. The van der Waals surface area contributed by atoms with Crippen molar-refractivity contribution < 1.29 is 14.6 Å². The molecule has 1 N–H and O–H groups in total. The molecule has 5 nitrogen and oxygen atoms in total. The molecule has 0 aliphatic rings. The minimum absolute atomic E-state index is 0.183. The topological polar surface area (TPSA) is 73.8 Å². The summed E-state index contributed by atoms with van der Waals surface area (Å²) in [5.74, 6) is -0.183. The van der Waals surface area contributed by atoms with Gasteiger partial charge in [-0.2, -0.15) is 0 Å². The van der Waals surface area contributed by atoms with Gasteiger partial charge in [0.05, 0.1) is 0 Å². The highest BCUT2D eigenvalue weighted by Crippen LogP contribution is 2.06. The van der Waals surface area contributed by atoms with Gasteiger partial charge < -0.3 is 20.2 Å². The highest BCUT2D eigenvalue weighted by atomic mass is 79.9. The molecule has 0 fully saturated rings. The predicted octanol–water partition coefficient (Wildman–Crippen LogP) is 1.05. The SMILES string of the molecule is CC(C)(C)OC(=O)NCCCN=C([O-])CBr. The van der Waals surface area contributed by atoms with Crippen LogP contribution in [0.2, 0.25) is 0 Å². The lowest BCUT2D eigenvalue weighted by Gasteiger charge is -2.19. The number of hydrogen-bond acceptors (Lipinski definition) is 4. The summed E-state index contributed by atoms with van der Waals surface area (Å²) < 4.78 is 5.03. The number of amides is 1. The predicted molar refractivity (Wildman–Crippen MR) is 64.9 cm³/mol. The van der Waals surface area contributed by atoms with Crippen LogP contribution in [-0.4, -0.2) is 36.0 Å². The zero-order chi connectivity index (χ0) is 12.6. The molecule has 0 bridgehead atoms. The van der Waals surface area contributed by atoms with E-state index in [1.54, 1.807) is 20.8 Å². The molecular formula is C10H18BrN2O3-. The first kappa shape index (κ1) is 15.2. The van der Waals surface area contributed by atoms with Crippen molar-refractivity contribution in [1.82, 2.24) is 5.32 Å². The van der Waals surface area contributed by atoms with Gasteiger partial charge in [0.15, 0.2) is 0 Å². The van der Waals surface area contributed by atoms with Crippen LogP contribution in [0.5, 0.6) is 0 Å². The van der Waals surface area contributed by atoms with Gasteiger partial charge in [-0.25, -0.2) is 4.79 Å². The number of carbonyl (C=O) groups is 1. The maximum Gasteiger partial charge on any atom is 0.407 e. The maximum absolute atomic E-state index is 11.2. The molecule has 6 heteroatoms. The van der Waals surface area contributed by atoms with Crippen LogP contribution in [0.4, 0.5) is 4.79 Å². The van der Waals surface area contributed by atoms with Gasteiger partial charge in [0.1, 0.15) is 5.60 Å². The zero-order valence-corrected chi connectivity index (χ0v) is 11.5. The normalized spacial score (nSPS) is 12.4. The molecule has 0 saturated heterocycles. The lowest BCUT2D eigenvalue weighted by atomic mass is 10.2. The van der Waals surface area contributed by atoms with E-state index in [0.29, 0.717) is 19.5 Å². The fourth-order valence-corrected chi connectivity index (χ4v) is 1.01. The summed E-state index contributed by atoms with van der Waals surface area (Å²) >= 11 is 3.01. The maximum atomic E-state index is 11.2. The van der Waals surface area contributed by atoms with Crippen molar-refractivity contribution >= 4 is 27.9 Å². The van der Waals surface area contributed by atoms with Gasteiger partial charge in [0.25, 0.3) is 0 Å². The molecule has 0 aliphatic heterocycles. The number of aliphatic imine (C=N–C) groups is 1. The van der Waals surface area contributed by atoms with Gasteiger partial charge in [-0.1, -0.05) is 15.9 Å². The lowest BCUT2D eigenvalue weighted by Crippen LogP contribution is -2.33. The Morgan fingerprint density at radius 1 is 1.50 bits per heavy atom. The Labute approximate surface area is 104 Å². The molecule has 94 valence electrons. The smallest absolute Gasteiger partial charge is 0.407 e. The van der Waals surface area contributed by atoms with Gasteiger partial charge in [-0.15, -0.1) is 0 Å². The summed E-state index contributed by atoms with van der Waals surface area (Å²) in [7, 11) is 0. The first-order valence-corrected chi connectivity index (χ1v) is 6.20. The molecule has 0 spiro atoms. The van der Waals surface area contributed by atoms with Crippen molar-refractivity contribution in [3.63, 3.8) is 0 Å². The minimum Gasteiger partial charge on any atom is -0.861 e. The number of alkyl halides is 1. The summed E-state index contributed by atoms with van der Waals surface area (Å²) in [6, 6.07) is 0. The number of alkyl carbamates (subject to hydrolysis) is 1. The minimum atomic E-state index is -0.486. The van der Waals surface area contributed by atoms with E-state index in [1.165, 1.54) is 0 Å². The number of halogens is 1. The van der Waals surface area contributed by atoms with E-state index in [4.69, 9.17) is 4.74 Å². The number of ether oxygens (including phenoxy) is 1. The van der Waals surface area contributed by atoms with Crippen molar-refractivity contribution in [1.29, 1.82) is 0 Å². The molecule has 0 atom stereocenters. The number of carbonyl (C=O) groups excluding carboxylic acids is 1. The molecule has 0 aliphatic carbocycles. The van der Waals surface area contributed by atoms with Gasteiger partial charge in [-0.05, 0) is 33.1 Å². The third-order valence-electron chi connectivity index (χ3n) is 1.41. The van der Waals surface area contributed by atoms with Crippen molar-refractivity contribution in [2.24, 2.45) is 4.99 Å². The molecule has 0 aromatic rings. The monoisotopic (exact) mass is 293 g/mol. The van der Waals surface area contributed by atoms with E-state index in [9.17, 15) is 9.90 Å². The fourth-order valence-electron chi connectivity index (χ4n) is 0.830. The number of nitrogens with zero attached hydrogens (tertiary/aromatic N) is 1. The quantitative estimate of drug-likeness (QED) is 0.356. The average molecular weight is 294 g/mol. The molecule has 16 heavy (non-hydrogen) atoms. The molecular weight excluding hydrogens is 276 g/mol. The van der Waals surface area contributed by atoms with Crippen LogP contribution in [0.1, 0.15) is 27.2 Å². The summed E-state index contributed by atoms with van der Waals surface area (Å²) in [5.41, 5.74) is -0.486. The van der Waals surface area contributed by atoms with E-state index < -0.39 is 11.7 Å². The lowest BCUT2D eigenvalue weighted by molar-refractivity contribution is -0.215. The Kier molecular flexibility index (Phi) is 7.12. The van der Waals surface area contributed by atoms with Crippen LogP contribution >= 0.6 is 15.9 Å². The van der Waals surface area contributed by atoms with Crippen LogP contribution in [0.3, 0.4) is 0 Å². The standard InChI is InChI=1S/C10H19BrN2O3/c1-10(2,3)16-9(15)13-6-4-5-12-8(14)7-11/h4-7H2,1-3H3,(H,12,14)(H,13,15)/p-1. The van der Waals surface area contributed by atoms with Crippen LogP contribution in [0.15, 0.2) is 4.99 Å². The molecule has 1 amide bonds. The number of rotatable bonds is 5. The number of nitrogens with one attached hydrogen (secondary N) is 1. The van der Waals surface area contributed by atoms with Gasteiger partial charge >= 0.3 is 6.09 Å². The van der Waals surface area contributed by atoms with Crippen LogP contribution in [0, 0.1) is 0 Å². The Morgan fingerprint density at radius 3 is 2.62 bits per heavy atom. The summed E-state index contributed by atoms with van der Waals surface area (Å²) in [5, 5.41) is 13.6. The molecule has 0 saturated carbocycles. The van der Waals surface area contributed by atoms with Crippen LogP contribution < -0.4 is 10.4 Å². The summed E-state index contributed by atoms with van der Waals surface area (Å²) in [6.07, 6.45) is 0.178. The van der Waals surface area contributed by atoms with Gasteiger partial charge in [-0.3, -0.25) is 0 Å². The zero-order valence-electron chi connectivity index (χ0n) is 9.88. The fraction of sp³-hybridized carbons (Fsp3) is 0.800. The molecule has 0 heterocycles. The summed E-state index contributed by atoms with van der Waals surface area (Å²) in [6.45, 7) is 6.28. The summed E-state index contributed by atoms with van der Waals surface area (Å²) in [4.78, 5) is 14.9. The highest BCUT2D eigenvalue weighted by Gasteiger charge is 2.15. The van der Waals surface area contributed by atoms with E-state index in [2.05, 4.69) is 26.2 Å². The molecule has 0 aromatic carbocycles. The van der Waals surface area contributed by atoms with Crippen molar-refractivity contribution in [3.05, 3.63) is 0 Å². The second kappa shape index (κ2) is 7.49. The third kappa shape index (κ3) is 9.76.